The number of benzene rings is 3. The first-order valence-electron chi connectivity index (χ1n) is 12.2. The summed E-state index contributed by atoms with van der Waals surface area (Å²) in [5, 5.41) is 16.3. The summed E-state index contributed by atoms with van der Waals surface area (Å²) < 4.78 is 11.1. The van der Waals surface area contributed by atoms with Crippen LogP contribution in [0.4, 0.5) is 10.5 Å². The molecule has 1 saturated carbocycles. The molecule has 1 fully saturated rings. The summed E-state index contributed by atoms with van der Waals surface area (Å²) >= 11 is 0. The van der Waals surface area contributed by atoms with E-state index in [4.69, 9.17) is 9.26 Å². The summed E-state index contributed by atoms with van der Waals surface area (Å²) in [4.78, 5) is 24.2. The second-order valence-electron chi connectivity index (χ2n) is 9.60. The van der Waals surface area contributed by atoms with E-state index in [1.807, 2.05) is 86.6 Å². The van der Waals surface area contributed by atoms with Crippen molar-refractivity contribution in [3.05, 3.63) is 95.2 Å². The minimum atomic E-state index is -0.759. The quantitative estimate of drug-likeness (QED) is 0.284. The van der Waals surface area contributed by atoms with Crippen molar-refractivity contribution in [1.29, 1.82) is 0 Å². The second-order valence-corrected chi connectivity index (χ2v) is 9.60. The van der Waals surface area contributed by atoms with E-state index in [1.54, 1.807) is 6.92 Å². The minimum Gasteiger partial charge on any atom is -0.481 e. The Balaban J connectivity index is 1.29. The molecule has 1 atom stereocenters. The van der Waals surface area contributed by atoms with Crippen LogP contribution in [0.25, 0.3) is 22.5 Å². The van der Waals surface area contributed by atoms with E-state index < -0.39 is 23.6 Å². The lowest BCUT2D eigenvalue weighted by Gasteiger charge is -2.14. The summed E-state index contributed by atoms with van der Waals surface area (Å²) in [6, 6.07) is 23.2. The largest absolute Gasteiger partial charge is 0.481 e. The third-order valence-corrected chi connectivity index (χ3v) is 7.00. The number of aliphatic carboxylic acids is 1. The number of hydrogen-bond donors (Lipinski definition) is 2. The van der Waals surface area contributed by atoms with Crippen LogP contribution in [-0.2, 0) is 14.9 Å². The number of carboxylic acids is 1. The molecule has 0 aliphatic heterocycles. The zero-order valence-corrected chi connectivity index (χ0v) is 20.9. The summed E-state index contributed by atoms with van der Waals surface area (Å²) in [5.41, 5.74) is 5.89. The van der Waals surface area contributed by atoms with Crippen molar-refractivity contribution in [3.63, 3.8) is 0 Å². The SMILES string of the molecule is Cc1ccc(C(C)OC(=O)Nc2c(C)noc2-c2ccc(-c3ccc(C4(C(=O)O)CC4)cc3)cc2)cc1. The molecule has 188 valence electrons. The van der Waals surface area contributed by atoms with E-state index in [2.05, 4.69) is 10.5 Å². The van der Waals surface area contributed by atoms with Crippen LogP contribution in [0.2, 0.25) is 0 Å². The molecule has 0 radical (unpaired) electrons. The van der Waals surface area contributed by atoms with Crippen LogP contribution >= 0.6 is 0 Å². The van der Waals surface area contributed by atoms with Crippen molar-refractivity contribution < 1.29 is 24.0 Å². The number of ether oxygens (including phenoxy) is 1. The number of carboxylic acid groups (broad SMARTS) is 1. The Labute approximate surface area is 215 Å². The third-order valence-electron chi connectivity index (χ3n) is 7.00. The lowest BCUT2D eigenvalue weighted by atomic mass is 9.93. The highest BCUT2D eigenvalue weighted by atomic mass is 16.6. The third kappa shape index (κ3) is 4.85. The lowest BCUT2D eigenvalue weighted by Crippen LogP contribution is -2.19. The van der Waals surface area contributed by atoms with Gasteiger partial charge in [0.2, 0.25) is 0 Å². The molecule has 37 heavy (non-hydrogen) atoms. The van der Waals surface area contributed by atoms with Gasteiger partial charge in [0, 0.05) is 5.56 Å². The molecule has 0 spiro atoms. The van der Waals surface area contributed by atoms with E-state index in [1.165, 1.54) is 0 Å². The molecule has 1 aliphatic rings. The Kier molecular flexibility index (Phi) is 6.29. The fourth-order valence-corrected chi connectivity index (χ4v) is 4.46. The Bertz CT molecular complexity index is 1430. The molecule has 7 heteroatoms. The molecule has 1 amide bonds. The Morgan fingerprint density at radius 1 is 0.919 bits per heavy atom. The summed E-state index contributed by atoms with van der Waals surface area (Å²) in [5.74, 6) is -0.318. The van der Waals surface area contributed by atoms with Gasteiger partial charge >= 0.3 is 12.1 Å². The first kappa shape index (κ1) is 24.3. The number of aromatic nitrogens is 1. The number of nitrogens with zero attached hydrogens (tertiary/aromatic N) is 1. The van der Waals surface area contributed by atoms with Crippen molar-refractivity contribution in [2.75, 3.05) is 5.32 Å². The number of rotatable bonds is 7. The molecule has 1 unspecified atom stereocenters. The van der Waals surface area contributed by atoms with Gasteiger partial charge < -0.3 is 14.4 Å². The summed E-state index contributed by atoms with van der Waals surface area (Å²) in [6.07, 6.45) is 0.357. The monoisotopic (exact) mass is 496 g/mol. The second kappa shape index (κ2) is 9.58. The highest BCUT2D eigenvalue weighted by molar-refractivity contribution is 5.91. The van der Waals surface area contributed by atoms with E-state index in [-0.39, 0.29) is 0 Å². The fraction of sp³-hybridized carbons (Fsp3) is 0.233. The normalized spacial score (nSPS) is 14.6. The van der Waals surface area contributed by atoms with Crippen molar-refractivity contribution in [3.8, 4) is 22.5 Å². The van der Waals surface area contributed by atoms with E-state index >= 15 is 0 Å². The van der Waals surface area contributed by atoms with Crippen molar-refractivity contribution >= 4 is 17.7 Å². The van der Waals surface area contributed by atoms with Crippen LogP contribution in [0.3, 0.4) is 0 Å². The maximum absolute atomic E-state index is 12.6. The number of hydrogen-bond acceptors (Lipinski definition) is 5. The average Bonchev–Trinajstić information content (AvgIpc) is 3.64. The van der Waals surface area contributed by atoms with Crippen LogP contribution < -0.4 is 5.32 Å². The minimum absolute atomic E-state index is 0.416. The van der Waals surface area contributed by atoms with Crippen LogP contribution in [-0.4, -0.2) is 22.3 Å². The highest BCUT2D eigenvalue weighted by Gasteiger charge is 2.51. The molecular formula is C30H28N2O5. The maximum Gasteiger partial charge on any atom is 0.412 e. The zero-order valence-electron chi connectivity index (χ0n) is 20.9. The van der Waals surface area contributed by atoms with Crippen molar-refractivity contribution in [2.24, 2.45) is 0 Å². The number of aryl methyl sites for hydroxylation is 2. The van der Waals surface area contributed by atoms with E-state index in [0.29, 0.717) is 30.0 Å². The van der Waals surface area contributed by atoms with E-state index in [0.717, 1.165) is 33.4 Å². The molecule has 0 bridgehead atoms. The van der Waals surface area contributed by atoms with E-state index in [9.17, 15) is 14.7 Å². The first-order valence-corrected chi connectivity index (χ1v) is 12.2. The molecule has 3 aromatic carbocycles. The zero-order chi connectivity index (χ0) is 26.2. The van der Waals surface area contributed by atoms with Crippen molar-refractivity contribution in [2.45, 2.75) is 45.1 Å². The lowest BCUT2D eigenvalue weighted by molar-refractivity contribution is -0.140. The van der Waals surface area contributed by atoms with Gasteiger partial charge in [-0.3, -0.25) is 10.1 Å². The van der Waals surface area contributed by atoms with Gasteiger partial charge in [-0.05, 0) is 55.9 Å². The molecule has 4 aromatic rings. The van der Waals surface area contributed by atoms with Gasteiger partial charge in [-0.1, -0.05) is 83.5 Å². The average molecular weight is 497 g/mol. The van der Waals surface area contributed by atoms with Gasteiger partial charge in [0.15, 0.2) is 5.76 Å². The Morgan fingerprint density at radius 3 is 2.05 bits per heavy atom. The van der Waals surface area contributed by atoms with Crippen LogP contribution in [0.1, 0.15) is 48.3 Å². The van der Waals surface area contributed by atoms with Gasteiger partial charge in [0.25, 0.3) is 0 Å². The Hall–Kier alpha value is -4.39. The topological polar surface area (TPSA) is 102 Å². The van der Waals surface area contributed by atoms with Crippen LogP contribution in [0.15, 0.2) is 77.3 Å². The van der Waals surface area contributed by atoms with Crippen LogP contribution in [0, 0.1) is 13.8 Å². The van der Waals surface area contributed by atoms with Gasteiger partial charge in [-0.2, -0.15) is 0 Å². The molecule has 7 nitrogen and oxygen atoms in total. The molecule has 2 N–H and O–H groups in total. The van der Waals surface area contributed by atoms with Crippen LogP contribution in [0.5, 0.6) is 0 Å². The summed E-state index contributed by atoms with van der Waals surface area (Å²) in [6.45, 7) is 5.58. The van der Waals surface area contributed by atoms with Gasteiger partial charge in [0.05, 0.1) is 5.41 Å². The molecule has 1 aromatic heterocycles. The van der Waals surface area contributed by atoms with Gasteiger partial charge in [-0.25, -0.2) is 4.79 Å². The standard InChI is InChI=1S/C30H28N2O5/c1-18-4-6-21(7-5-18)20(3)36-29(35)31-26-19(2)32-37-27(26)24-10-8-22(9-11-24)23-12-14-25(15-13-23)30(16-17-30)28(33)34/h4-15,20H,16-17H2,1-3H3,(H,31,35)(H,33,34). The highest BCUT2D eigenvalue weighted by Crippen LogP contribution is 2.48. The number of carbonyl (C=O) groups is 2. The molecule has 0 saturated heterocycles. The number of amides is 1. The molecule has 1 aliphatic carbocycles. The maximum atomic E-state index is 12.6. The number of carbonyl (C=O) groups excluding carboxylic acids is 1. The smallest absolute Gasteiger partial charge is 0.412 e. The predicted octanol–water partition coefficient (Wildman–Crippen LogP) is 7.05. The van der Waals surface area contributed by atoms with Crippen molar-refractivity contribution in [1.82, 2.24) is 5.16 Å². The van der Waals surface area contributed by atoms with Gasteiger partial charge in [-0.15, -0.1) is 0 Å². The molecular weight excluding hydrogens is 468 g/mol. The number of anilines is 1. The Morgan fingerprint density at radius 2 is 1.49 bits per heavy atom. The van der Waals surface area contributed by atoms with Gasteiger partial charge in [0.1, 0.15) is 17.5 Å². The summed E-state index contributed by atoms with van der Waals surface area (Å²) in [7, 11) is 0. The first-order chi connectivity index (χ1) is 17.8. The fourth-order valence-electron chi connectivity index (χ4n) is 4.46. The molecule has 1 heterocycles. The predicted molar refractivity (Wildman–Crippen MR) is 140 cm³/mol. The molecule has 5 rings (SSSR count). The number of nitrogens with one attached hydrogen (secondary N) is 1.